The molecular formula is C16H26FNO. The van der Waals surface area contributed by atoms with Crippen LogP contribution in [0.4, 0.5) is 4.39 Å². The molecule has 0 saturated carbocycles. The summed E-state index contributed by atoms with van der Waals surface area (Å²) in [6.07, 6.45) is 3.29. The highest BCUT2D eigenvalue weighted by atomic mass is 19.1. The lowest BCUT2D eigenvalue weighted by atomic mass is 10.0. The lowest BCUT2D eigenvalue weighted by Crippen LogP contribution is -2.23. The molecule has 1 aromatic rings. The fourth-order valence-electron chi connectivity index (χ4n) is 2.05. The van der Waals surface area contributed by atoms with Crippen molar-refractivity contribution in [3.05, 3.63) is 35.6 Å². The molecule has 0 radical (unpaired) electrons. The van der Waals surface area contributed by atoms with Crippen LogP contribution in [0, 0.1) is 5.82 Å². The molecule has 2 nitrogen and oxygen atoms in total. The van der Waals surface area contributed by atoms with Crippen LogP contribution >= 0.6 is 0 Å². The van der Waals surface area contributed by atoms with E-state index in [1.165, 1.54) is 6.07 Å². The number of nitrogens with one attached hydrogen (secondary N) is 1. The molecule has 0 aliphatic carbocycles. The molecule has 0 aromatic heterocycles. The summed E-state index contributed by atoms with van der Waals surface area (Å²) in [5.74, 6) is -0.120. The highest BCUT2D eigenvalue weighted by Crippen LogP contribution is 2.19. The van der Waals surface area contributed by atoms with Crippen molar-refractivity contribution in [1.82, 2.24) is 5.32 Å². The average molecular weight is 267 g/mol. The van der Waals surface area contributed by atoms with E-state index in [4.69, 9.17) is 4.74 Å². The lowest BCUT2D eigenvalue weighted by Gasteiger charge is -2.18. The third kappa shape index (κ3) is 6.17. The maximum Gasteiger partial charge on any atom is 0.127 e. The molecule has 0 heterocycles. The van der Waals surface area contributed by atoms with Crippen molar-refractivity contribution in [2.75, 3.05) is 13.2 Å². The van der Waals surface area contributed by atoms with Crippen LogP contribution in [0.15, 0.2) is 24.3 Å². The van der Waals surface area contributed by atoms with Gasteiger partial charge in [-0.1, -0.05) is 25.1 Å². The van der Waals surface area contributed by atoms with Gasteiger partial charge >= 0.3 is 0 Å². The minimum atomic E-state index is -0.120. The maximum atomic E-state index is 13.7. The number of hydrogen-bond acceptors (Lipinski definition) is 2. The predicted octanol–water partition coefficient (Wildman–Crippen LogP) is 4.07. The Morgan fingerprint density at radius 2 is 1.95 bits per heavy atom. The summed E-state index contributed by atoms with van der Waals surface area (Å²) < 4.78 is 19.2. The van der Waals surface area contributed by atoms with Crippen molar-refractivity contribution < 1.29 is 9.13 Å². The minimum Gasteiger partial charge on any atom is -0.379 e. The largest absolute Gasteiger partial charge is 0.379 e. The Labute approximate surface area is 116 Å². The number of halogens is 1. The smallest absolute Gasteiger partial charge is 0.127 e. The second-order valence-corrected chi connectivity index (χ2v) is 5.06. The van der Waals surface area contributed by atoms with Gasteiger partial charge < -0.3 is 10.1 Å². The first kappa shape index (κ1) is 16.1. The van der Waals surface area contributed by atoms with Gasteiger partial charge in [-0.25, -0.2) is 4.39 Å². The van der Waals surface area contributed by atoms with Gasteiger partial charge in [-0.2, -0.15) is 0 Å². The normalized spacial score (nSPS) is 12.9. The number of ether oxygens (including phenoxy) is 1. The molecule has 3 heteroatoms. The second-order valence-electron chi connectivity index (χ2n) is 5.06. The van der Waals surface area contributed by atoms with Crippen LogP contribution in [0.2, 0.25) is 0 Å². The maximum absolute atomic E-state index is 13.7. The Morgan fingerprint density at radius 3 is 2.58 bits per heavy atom. The van der Waals surface area contributed by atoms with Crippen molar-refractivity contribution in [2.24, 2.45) is 0 Å². The van der Waals surface area contributed by atoms with E-state index in [-0.39, 0.29) is 11.9 Å². The van der Waals surface area contributed by atoms with E-state index in [1.54, 1.807) is 6.07 Å². The van der Waals surface area contributed by atoms with E-state index in [1.807, 2.05) is 26.0 Å². The fourth-order valence-corrected chi connectivity index (χ4v) is 2.05. The summed E-state index contributed by atoms with van der Waals surface area (Å²) in [5.41, 5.74) is 0.767. The van der Waals surface area contributed by atoms with Crippen LogP contribution < -0.4 is 5.32 Å². The third-order valence-electron chi connectivity index (χ3n) is 3.10. The standard InChI is InChI=1S/C16H26FNO/c1-4-16(14-9-5-6-10-15(14)17)18-11-7-8-12-19-13(2)3/h5-6,9-10,13,16,18H,4,7-8,11-12H2,1-3H3. The summed E-state index contributed by atoms with van der Waals surface area (Å²) >= 11 is 0. The minimum absolute atomic E-state index is 0.104. The Balaban J connectivity index is 2.28. The first-order valence-electron chi connectivity index (χ1n) is 7.24. The molecule has 0 bridgehead atoms. The van der Waals surface area contributed by atoms with Gasteiger partial charge in [-0.15, -0.1) is 0 Å². The van der Waals surface area contributed by atoms with Crippen molar-refractivity contribution in [1.29, 1.82) is 0 Å². The summed E-state index contributed by atoms with van der Waals surface area (Å²) in [6, 6.07) is 7.11. The van der Waals surface area contributed by atoms with Crippen LogP contribution in [0.3, 0.4) is 0 Å². The molecule has 0 amide bonds. The molecule has 0 saturated heterocycles. The third-order valence-corrected chi connectivity index (χ3v) is 3.10. The molecule has 1 rings (SSSR count). The van der Waals surface area contributed by atoms with Crippen LogP contribution in [0.1, 0.15) is 51.6 Å². The van der Waals surface area contributed by atoms with Gasteiger partial charge in [0.1, 0.15) is 5.82 Å². The quantitative estimate of drug-likeness (QED) is 0.681. The summed E-state index contributed by atoms with van der Waals surface area (Å²) in [4.78, 5) is 0. The topological polar surface area (TPSA) is 21.3 Å². The van der Waals surface area contributed by atoms with Gasteiger partial charge in [-0.3, -0.25) is 0 Å². The molecule has 19 heavy (non-hydrogen) atoms. The monoisotopic (exact) mass is 267 g/mol. The molecule has 0 aliphatic rings. The molecule has 1 atom stereocenters. The molecule has 1 N–H and O–H groups in total. The predicted molar refractivity (Wildman–Crippen MR) is 77.8 cm³/mol. The number of rotatable bonds is 9. The SMILES string of the molecule is CCC(NCCCCOC(C)C)c1ccccc1F. The fraction of sp³-hybridized carbons (Fsp3) is 0.625. The van der Waals surface area contributed by atoms with Crippen molar-refractivity contribution >= 4 is 0 Å². The van der Waals surface area contributed by atoms with Crippen LogP contribution in [0.5, 0.6) is 0 Å². The van der Waals surface area contributed by atoms with E-state index in [2.05, 4.69) is 12.2 Å². The van der Waals surface area contributed by atoms with Gasteiger partial charge in [0.15, 0.2) is 0 Å². The van der Waals surface area contributed by atoms with Crippen molar-refractivity contribution in [3.8, 4) is 0 Å². The zero-order valence-corrected chi connectivity index (χ0v) is 12.3. The molecular weight excluding hydrogens is 241 g/mol. The zero-order chi connectivity index (χ0) is 14.1. The van der Waals surface area contributed by atoms with Crippen molar-refractivity contribution in [3.63, 3.8) is 0 Å². The van der Waals surface area contributed by atoms with E-state index < -0.39 is 0 Å². The zero-order valence-electron chi connectivity index (χ0n) is 12.3. The number of benzene rings is 1. The Morgan fingerprint density at radius 1 is 1.21 bits per heavy atom. The van der Waals surface area contributed by atoms with E-state index in [0.29, 0.717) is 6.10 Å². The molecule has 108 valence electrons. The highest BCUT2D eigenvalue weighted by molar-refractivity contribution is 5.20. The molecule has 0 fully saturated rings. The second kappa shape index (κ2) is 9.05. The first-order chi connectivity index (χ1) is 9.15. The number of hydrogen-bond donors (Lipinski definition) is 1. The molecule has 1 aromatic carbocycles. The summed E-state index contributed by atoms with van der Waals surface area (Å²) in [5, 5.41) is 3.42. The van der Waals surface area contributed by atoms with Crippen LogP contribution in [0.25, 0.3) is 0 Å². The molecule has 1 unspecified atom stereocenters. The van der Waals surface area contributed by atoms with Gasteiger partial charge in [0.25, 0.3) is 0 Å². The average Bonchev–Trinajstić information content (AvgIpc) is 2.39. The van der Waals surface area contributed by atoms with Gasteiger partial charge in [0.05, 0.1) is 6.10 Å². The summed E-state index contributed by atoms with van der Waals surface area (Å²) in [7, 11) is 0. The number of unbranched alkanes of at least 4 members (excludes halogenated alkanes) is 1. The van der Waals surface area contributed by atoms with Crippen LogP contribution in [-0.4, -0.2) is 19.3 Å². The van der Waals surface area contributed by atoms with Gasteiger partial charge in [0.2, 0.25) is 0 Å². The first-order valence-corrected chi connectivity index (χ1v) is 7.24. The highest BCUT2D eigenvalue weighted by Gasteiger charge is 2.12. The van der Waals surface area contributed by atoms with Crippen LogP contribution in [-0.2, 0) is 4.74 Å². The van der Waals surface area contributed by atoms with Crippen molar-refractivity contribution in [2.45, 2.75) is 52.2 Å². The van der Waals surface area contributed by atoms with E-state index in [9.17, 15) is 4.39 Å². The molecule has 0 spiro atoms. The molecule has 0 aliphatic heterocycles. The van der Waals surface area contributed by atoms with Gasteiger partial charge in [0, 0.05) is 18.2 Å². The Hall–Kier alpha value is -0.930. The Kier molecular flexibility index (Phi) is 7.68. The van der Waals surface area contributed by atoms with E-state index >= 15 is 0 Å². The summed E-state index contributed by atoms with van der Waals surface area (Å²) in [6.45, 7) is 7.86. The van der Waals surface area contributed by atoms with E-state index in [0.717, 1.165) is 38.0 Å². The lowest BCUT2D eigenvalue weighted by molar-refractivity contribution is 0.0759. The van der Waals surface area contributed by atoms with Gasteiger partial charge in [-0.05, 0) is 45.7 Å². The Bertz CT molecular complexity index is 354.